The number of aliphatic hydroxyl groups is 1. The van der Waals surface area contributed by atoms with Gasteiger partial charge in [-0.25, -0.2) is 9.67 Å². The fraction of sp³-hybridized carbons (Fsp3) is 0.500. The smallest absolute Gasteiger partial charge is 0.165 e. The molecule has 0 aliphatic carbocycles. The third-order valence-electron chi connectivity index (χ3n) is 4.29. The van der Waals surface area contributed by atoms with Crippen LogP contribution in [0, 0.1) is 0 Å². The van der Waals surface area contributed by atoms with Crippen molar-refractivity contribution in [1.82, 2.24) is 19.7 Å². The van der Waals surface area contributed by atoms with Gasteiger partial charge in [0.25, 0.3) is 0 Å². The molecule has 21 heavy (non-hydrogen) atoms. The predicted octanol–water partition coefficient (Wildman–Crippen LogP) is 2.00. The maximum absolute atomic E-state index is 9.55. The van der Waals surface area contributed by atoms with Crippen molar-refractivity contribution in [3.05, 3.63) is 42.5 Å². The van der Waals surface area contributed by atoms with Crippen molar-refractivity contribution in [2.24, 2.45) is 0 Å². The van der Waals surface area contributed by atoms with Gasteiger partial charge < -0.3 is 5.11 Å². The zero-order valence-electron chi connectivity index (χ0n) is 12.4. The molecule has 2 atom stereocenters. The minimum Gasteiger partial charge on any atom is -0.395 e. The second kappa shape index (κ2) is 6.37. The van der Waals surface area contributed by atoms with Crippen molar-refractivity contribution < 1.29 is 5.11 Å². The van der Waals surface area contributed by atoms with E-state index >= 15 is 0 Å². The topological polar surface area (TPSA) is 54.2 Å². The molecule has 1 aliphatic rings. The van der Waals surface area contributed by atoms with Crippen LogP contribution in [0.5, 0.6) is 0 Å². The number of rotatable bonds is 4. The largest absolute Gasteiger partial charge is 0.395 e. The molecule has 0 amide bonds. The van der Waals surface area contributed by atoms with E-state index < -0.39 is 0 Å². The van der Waals surface area contributed by atoms with Crippen LogP contribution >= 0.6 is 0 Å². The second-order valence-corrected chi connectivity index (χ2v) is 5.73. The van der Waals surface area contributed by atoms with Crippen LogP contribution < -0.4 is 0 Å². The van der Waals surface area contributed by atoms with Crippen LogP contribution in [0.2, 0.25) is 0 Å². The Balaban J connectivity index is 1.74. The van der Waals surface area contributed by atoms with Gasteiger partial charge in [-0.2, -0.15) is 0 Å². The number of aromatic nitrogens is 3. The molecule has 1 aromatic heterocycles. The van der Waals surface area contributed by atoms with Crippen molar-refractivity contribution in [3.8, 4) is 5.69 Å². The Hall–Kier alpha value is -1.72. The highest BCUT2D eigenvalue weighted by Crippen LogP contribution is 2.24. The molecule has 5 nitrogen and oxygen atoms in total. The van der Waals surface area contributed by atoms with E-state index in [1.165, 1.54) is 12.8 Å². The molecular formula is C16H22N4O. The Kier molecular flexibility index (Phi) is 4.31. The van der Waals surface area contributed by atoms with Crippen LogP contribution in [-0.4, -0.2) is 43.5 Å². The average Bonchev–Trinajstić information content (AvgIpc) is 2.99. The minimum atomic E-state index is 0.212. The van der Waals surface area contributed by atoms with E-state index in [0.717, 1.165) is 17.9 Å². The summed E-state index contributed by atoms with van der Waals surface area (Å²) in [6.07, 6.45) is 5.18. The summed E-state index contributed by atoms with van der Waals surface area (Å²) in [4.78, 5) is 6.75. The van der Waals surface area contributed by atoms with Crippen LogP contribution in [0.4, 0.5) is 0 Å². The van der Waals surface area contributed by atoms with E-state index in [-0.39, 0.29) is 12.6 Å². The highest BCUT2D eigenvalue weighted by Gasteiger charge is 2.28. The summed E-state index contributed by atoms with van der Waals surface area (Å²) < 4.78 is 1.80. The SMILES string of the molecule is C[C@H]1CCC[C@@H](CO)N1Cc1ncn(-c2ccccc2)n1. The number of aliphatic hydroxyl groups excluding tert-OH is 1. The van der Waals surface area contributed by atoms with Crippen LogP contribution in [0.3, 0.4) is 0 Å². The van der Waals surface area contributed by atoms with Crippen LogP contribution in [0.15, 0.2) is 36.7 Å². The molecule has 3 rings (SSSR count). The molecule has 112 valence electrons. The van der Waals surface area contributed by atoms with Crippen LogP contribution in [0.25, 0.3) is 5.69 Å². The van der Waals surface area contributed by atoms with Crippen molar-refractivity contribution in [3.63, 3.8) is 0 Å². The summed E-state index contributed by atoms with van der Waals surface area (Å²) in [5.41, 5.74) is 1.02. The molecule has 0 bridgehead atoms. The third-order valence-corrected chi connectivity index (χ3v) is 4.29. The van der Waals surface area contributed by atoms with Crippen molar-refractivity contribution in [2.75, 3.05) is 6.61 Å². The van der Waals surface area contributed by atoms with Gasteiger partial charge in [-0.1, -0.05) is 24.6 Å². The monoisotopic (exact) mass is 286 g/mol. The standard InChI is InChI=1S/C16H22N4O/c1-13-6-5-9-15(11-21)19(13)10-16-17-12-20(18-16)14-7-3-2-4-8-14/h2-4,7-8,12-13,15,21H,5-6,9-11H2,1H3/t13-,15-/m0/s1. The van der Waals surface area contributed by atoms with Gasteiger partial charge in [0.05, 0.1) is 18.8 Å². The molecule has 0 spiro atoms. The Bertz CT molecular complexity index is 569. The average molecular weight is 286 g/mol. The Morgan fingerprint density at radius 2 is 2.05 bits per heavy atom. The number of hydrogen-bond donors (Lipinski definition) is 1. The van der Waals surface area contributed by atoms with Crippen molar-refractivity contribution in [1.29, 1.82) is 0 Å². The highest BCUT2D eigenvalue weighted by molar-refractivity contribution is 5.29. The van der Waals surface area contributed by atoms with Crippen LogP contribution in [-0.2, 0) is 6.54 Å². The third kappa shape index (κ3) is 3.14. The molecule has 1 aliphatic heterocycles. The number of benzene rings is 1. The number of piperidine rings is 1. The first-order chi connectivity index (χ1) is 10.3. The lowest BCUT2D eigenvalue weighted by Crippen LogP contribution is -2.46. The van der Waals surface area contributed by atoms with Gasteiger partial charge in [0.2, 0.25) is 0 Å². The lowest BCUT2D eigenvalue weighted by atomic mass is 9.97. The van der Waals surface area contributed by atoms with E-state index in [9.17, 15) is 5.11 Å². The summed E-state index contributed by atoms with van der Waals surface area (Å²) in [6.45, 7) is 3.13. The first kappa shape index (κ1) is 14.2. The Labute approximate surface area is 125 Å². The minimum absolute atomic E-state index is 0.212. The molecule has 1 fully saturated rings. The maximum Gasteiger partial charge on any atom is 0.165 e. The van der Waals surface area contributed by atoms with E-state index in [0.29, 0.717) is 12.6 Å². The summed E-state index contributed by atoms with van der Waals surface area (Å²) in [6, 6.07) is 10.7. The molecule has 2 heterocycles. The molecule has 0 radical (unpaired) electrons. The molecule has 2 aromatic rings. The van der Waals surface area contributed by atoms with Gasteiger partial charge >= 0.3 is 0 Å². The lowest BCUT2D eigenvalue weighted by molar-refractivity contribution is 0.0431. The molecule has 1 saturated heterocycles. The summed E-state index contributed by atoms with van der Waals surface area (Å²) in [7, 11) is 0. The van der Waals surface area contributed by atoms with E-state index in [4.69, 9.17) is 0 Å². The molecule has 1 N–H and O–H groups in total. The van der Waals surface area contributed by atoms with Gasteiger partial charge in [-0.15, -0.1) is 5.10 Å². The normalized spacial score (nSPS) is 23.3. The van der Waals surface area contributed by atoms with E-state index in [1.807, 2.05) is 30.3 Å². The van der Waals surface area contributed by atoms with Gasteiger partial charge in [0, 0.05) is 12.1 Å². The Morgan fingerprint density at radius 3 is 2.81 bits per heavy atom. The zero-order chi connectivity index (χ0) is 14.7. The second-order valence-electron chi connectivity index (χ2n) is 5.73. The first-order valence-electron chi connectivity index (χ1n) is 7.60. The van der Waals surface area contributed by atoms with Crippen molar-refractivity contribution >= 4 is 0 Å². The quantitative estimate of drug-likeness (QED) is 0.934. The lowest BCUT2D eigenvalue weighted by Gasteiger charge is -2.39. The zero-order valence-corrected chi connectivity index (χ0v) is 12.4. The van der Waals surface area contributed by atoms with Crippen molar-refractivity contribution in [2.45, 2.75) is 44.8 Å². The number of hydrogen-bond acceptors (Lipinski definition) is 4. The molecule has 0 unspecified atom stereocenters. The fourth-order valence-electron chi connectivity index (χ4n) is 3.06. The van der Waals surface area contributed by atoms with E-state index in [2.05, 4.69) is 21.9 Å². The molecular weight excluding hydrogens is 264 g/mol. The highest BCUT2D eigenvalue weighted by atomic mass is 16.3. The van der Waals surface area contributed by atoms with Gasteiger partial charge in [0.15, 0.2) is 5.82 Å². The summed E-state index contributed by atoms with van der Waals surface area (Å²) in [5.74, 6) is 0.811. The summed E-state index contributed by atoms with van der Waals surface area (Å²) in [5, 5.41) is 14.1. The van der Waals surface area contributed by atoms with Crippen LogP contribution in [0.1, 0.15) is 32.0 Å². The number of nitrogens with zero attached hydrogens (tertiary/aromatic N) is 4. The number of likely N-dealkylation sites (tertiary alicyclic amines) is 1. The molecule has 1 aromatic carbocycles. The van der Waals surface area contributed by atoms with Gasteiger partial charge in [-0.05, 0) is 31.9 Å². The Morgan fingerprint density at radius 1 is 1.24 bits per heavy atom. The molecule has 5 heteroatoms. The van der Waals surface area contributed by atoms with E-state index in [1.54, 1.807) is 11.0 Å². The van der Waals surface area contributed by atoms with Gasteiger partial charge in [0.1, 0.15) is 6.33 Å². The van der Waals surface area contributed by atoms with Gasteiger partial charge in [-0.3, -0.25) is 4.90 Å². The maximum atomic E-state index is 9.55. The fourth-order valence-corrected chi connectivity index (χ4v) is 3.06. The number of para-hydroxylation sites is 1. The molecule has 0 saturated carbocycles. The predicted molar refractivity (Wildman–Crippen MR) is 81.1 cm³/mol. The summed E-state index contributed by atoms with van der Waals surface area (Å²) >= 11 is 0. The first-order valence-corrected chi connectivity index (χ1v) is 7.60.